The van der Waals surface area contributed by atoms with E-state index in [9.17, 15) is 9.18 Å². The van der Waals surface area contributed by atoms with Gasteiger partial charge in [0, 0.05) is 6.42 Å². The van der Waals surface area contributed by atoms with E-state index in [0.29, 0.717) is 11.0 Å². The van der Waals surface area contributed by atoms with E-state index >= 15 is 0 Å². The van der Waals surface area contributed by atoms with Crippen molar-refractivity contribution >= 4 is 21.7 Å². The molecule has 0 spiro atoms. The van der Waals surface area contributed by atoms with Crippen molar-refractivity contribution in [1.82, 2.24) is 4.98 Å². The SMILES string of the molecule is CCC(=O)c1ccc(Br)nc1F. The van der Waals surface area contributed by atoms with Gasteiger partial charge < -0.3 is 0 Å². The second kappa shape index (κ2) is 3.76. The first-order valence-corrected chi connectivity index (χ1v) is 4.29. The number of pyridine rings is 1. The fourth-order valence-electron chi connectivity index (χ4n) is 0.811. The summed E-state index contributed by atoms with van der Waals surface area (Å²) in [5, 5.41) is 0. The minimum Gasteiger partial charge on any atom is -0.294 e. The lowest BCUT2D eigenvalue weighted by Gasteiger charge is -1.98. The van der Waals surface area contributed by atoms with Crippen molar-refractivity contribution in [3.05, 3.63) is 28.2 Å². The maximum Gasteiger partial charge on any atom is 0.224 e. The number of Topliss-reactive ketones (excluding diaryl/α,β-unsaturated/α-hetero) is 1. The summed E-state index contributed by atoms with van der Waals surface area (Å²) in [6.45, 7) is 1.68. The van der Waals surface area contributed by atoms with Gasteiger partial charge in [-0.1, -0.05) is 6.92 Å². The van der Waals surface area contributed by atoms with Crippen LogP contribution in [0.5, 0.6) is 0 Å². The van der Waals surface area contributed by atoms with Gasteiger partial charge >= 0.3 is 0 Å². The summed E-state index contributed by atoms with van der Waals surface area (Å²) < 4.78 is 13.3. The molecule has 0 saturated heterocycles. The van der Waals surface area contributed by atoms with E-state index in [1.807, 2.05) is 0 Å². The van der Waals surface area contributed by atoms with E-state index in [1.165, 1.54) is 6.07 Å². The molecule has 64 valence electrons. The molecule has 0 saturated carbocycles. The Morgan fingerprint density at radius 3 is 2.83 bits per heavy atom. The molecule has 12 heavy (non-hydrogen) atoms. The molecule has 1 aromatic rings. The molecular weight excluding hydrogens is 225 g/mol. The Hall–Kier alpha value is -0.770. The number of ketones is 1. The highest BCUT2D eigenvalue weighted by molar-refractivity contribution is 9.10. The number of hydrogen-bond donors (Lipinski definition) is 0. The summed E-state index contributed by atoms with van der Waals surface area (Å²) in [7, 11) is 0. The lowest BCUT2D eigenvalue weighted by Crippen LogP contribution is -2.02. The fourth-order valence-corrected chi connectivity index (χ4v) is 1.10. The van der Waals surface area contributed by atoms with E-state index in [0.717, 1.165) is 0 Å². The Bertz CT molecular complexity index is 314. The number of carbonyl (C=O) groups excluding carboxylic acids is 1. The Balaban J connectivity index is 3.09. The van der Waals surface area contributed by atoms with Crippen molar-refractivity contribution < 1.29 is 9.18 Å². The molecule has 0 unspecified atom stereocenters. The molecule has 2 nitrogen and oxygen atoms in total. The van der Waals surface area contributed by atoms with Gasteiger partial charge in [-0.2, -0.15) is 4.39 Å². The number of hydrogen-bond acceptors (Lipinski definition) is 2. The van der Waals surface area contributed by atoms with Crippen LogP contribution in [0.25, 0.3) is 0 Å². The summed E-state index contributed by atoms with van der Waals surface area (Å²) in [4.78, 5) is 14.5. The predicted molar refractivity (Wildman–Crippen MR) is 46.5 cm³/mol. The van der Waals surface area contributed by atoms with Crippen LogP contribution < -0.4 is 0 Å². The van der Waals surface area contributed by atoms with Gasteiger partial charge in [-0.25, -0.2) is 4.98 Å². The van der Waals surface area contributed by atoms with Gasteiger partial charge in [0.05, 0.1) is 5.56 Å². The molecule has 1 aromatic heterocycles. The van der Waals surface area contributed by atoms with Gasteiger partial charge in [-0.05, 0) is 28.1 Å². The van der Waals surface area contributed by atoms with Crippen molar-refractivity contribution in [2.75, 3.05) is 0 Å². The van der Waals surface area contributed by atoms with E-state index in [2.05, 4.69) is 20.9 Å². The van der Waals surface area contributed by atoms with Gasteiger partial charge in [-0.3, -0.25) is 4.79 Å². The number of carbonyl (C=O) groups is 1. The first kappa shape index (κ1) is 9.32. The monoisotopic (exact) mass is 231 g/mol. The number of nitrogens with zero attached hydrogens (tertiary/aromatic N) is 1. The highest BCUT2D eigenvalue weighted by atomic mass is 79.9. The molecule has 0 aromatic carbocycles. The van der Waals surface area contributed by atoms with Crippen LogP contribution in [-0.2, 0) is 0 Å². The van der Waals surface area contributed by atoms with E-state index in [-0.39, 0.29) is 11.3 Å². The third-order valence-electron chi connectivity index (χ3n) is 1.44. The fraction of sp³-hybridized carbons (Fsp3) is 0.250. The summed E-state index contributed by atoms with van der Waals surface area (Å²) in [6, 6.07) is 2.98. The van der Waals surface area contributed by atoms with Crippen molar-refractivity contribution in [3.8, 4) is 0 Å². The summed E-state index contributed by atoms with van der Waals surface area (Å²) in [5.74, 6) is -0.941. The summed E-state index contributed by atoms with van der Waals surface area (Å²) in [6.07, 6.45) is 0.292. The Labute approximate surface area is 77.9 Å². The van der Waals surface area contributed by atoms with Crippen LogP contribution in [0.15, 0.2) is 16.7 Å². The van der Waals surface area contributed by atoms with E-state index in [1.54, 1.807) is 13.0 Å². The minimum atomic E-state index is -0.712. The van der Waals surface area contributed by atoms with Crippen LogP contribution in [-0.4, -0.2) is 10.8 Å². The molecule has 0 amide bonds. The zero-order chi connectivity index (χ0) is 9.14. The highest BCUT2D eigenvalue weighted by Gasteiger charge is 2.10. The lowest BCUT2D eigenvalue weighted by molar-refractivity contribution is 0.0983. The van der Waals surface area contributed by atoms with Crippen molar-refractivity contribution in [3.63, 3.8) is 0 Å². The van der Waals surface area contributed by atoms with Crippen molar-refractivity contribution in [1.29, 1.82) is 0 Å². The Morgan fingerprint density at radius 1 is 1.67 bits per heavy atom. The smallest absolute Gasteiger partial charge is 0.224 e. The van der Waals surface area contributed by atoms with E-state index < -0.39 is 5.95 Å². The summed E-state index contributed by atoms with van der Waals surface area (Å²) >= 11 is 3.00. The van der Waals surface area contributed by atoms with Crippen molar-refractivity contribution in [2.24, 2.45) is 0 Å². The van der Waals surface area contributed by atoms with Gasteiger partial charge in [0.1, 0.15) is 4.60 Å². The third kappa shape index (κ3) is 1.88. The molecule has 1 heterocycles. The molecule has 4 heteroatoms. The van der Waals surface area contributed by atoms with E-state index in [4.69, 9.17) is 0 Å². The Morgan fingerprint density at radius 2 is 2.33 bits per heavy atom. The standard InChI is InChI=1S/C8H7BrFNO/c1-2-6(12)5-3-4-7(9)11-8(5)10/h3-4H,2H2,1H3. The number of halogens is 2. The van der Waals surface area contributed by atoms with Crippen molar-refractivity contribution in [2.45, 2.75) is 13.3 Å². The minimum absolute atomic E-state index is 0.0562. The zero-order valence-corrected chi connectivity index (χ0v) is 8.06. The first-order valence-electron chi connectivity index (χ1n) is 3.50. The van der Waals surface area contributed by atoms with Gasteiger partial charge in [0.2, 0.25) is 5.95 Å². The van der Waals surface area contributed by atoms with Gasteiger partial charge in [0.15, 0.2) is 5.78 Å². The lowest BCUT2D eigenvalue weighted by atomic mass is 10.1. The number of rotatable bonds is 2. The van der Waals surface area contributed by atoms with Crippen LogP contribution in [0.1, 0.15) is 23.7 Å². The quantitative estimate of drug-likeness (QED) is 0.579. The zero-order valence-electron chi connectivity index (χ0n) is 6.47. The molecule has 0 aliphatic heterocycles. The Kier molecular flexibility index (Phi) is 2.92. The molecule has 1 rings (SSSR count). The van der Waals surface area contributed by atoms with Crippen LogP contribution in [0.3, 0.4) is 0 Å². The molecule has 0 N–H and O–H groups in total. The van der Waals surface area contributed by atoms with Crippen LogP contribution in [0.4, 0.5) is 4.39 Å². The number of aromatic nitrogens is 1. The first-order chi connectivity index (χ1) is 5.65. The normalized spacial score (nSPS) is 9.92. The molecule has 0 radical (unpaired) electrons. The van der Waals surface area contributed by atoms with Crippen LogP contribution in [0.2, 0.25) is 0 Å². The third-order valence-corrected chi connectivity index (χ3v) is 1.88. The van der Waals surface area contributed by atoms with Gasteiger partial charge in [0.25, 0.3) is 0 Å². The topological polar surface area (TPSA) is 30.0 Å². The molecular formula is C8H7BrFNO. The van der Waals surface area contributed by atoms with Crippen LogP contribution >= 0.6 is 15.9 Å². The molecule has 0 bridgehead atoms. The molecule has 0 aliphatic carbocycles. The molecule has 0 fully saturated rings. The predicted octanol–water partition coefficient (Wildman–Crippen LogP) is 2.58. The largest absolute Gasteiger partial charge is 0.294 e. The average Bonchev–Trinajstić information content (AvgIpc) is 2.03. The summed E-state index contributed by atoms with van der Waals surface area (Å²) in [5.41, 5.74) is 0.0562. The molecule has 0 aliphatic rings. The highest BCUT2D eigenvalue weighted by Crippen LogP contribution is 2.12. The average molecular weight is 232 g/mol. The maximum atomic E-state index is 12.9. The maximum absolute atomic E-state index is 12.9. The van der Waals surface area contributed by atoms with Crippen LogP contribution in [0, 0.1) is 5.95 Å². The van der Waals surface area contributed by atoms with Gasteiger partial charge in [-0.15, -0.1) is 0 Å². The molecule has 0 atom stereocenters. The second-order valence-electron chi connectivity index (χ2n) is 2.25. The second-order valence-corrected chi connectivity index (χ2v) is 3.06.